The van der Waals surface area contributed by atoms with E-state index in [0.29, 0.717) is 0 Å². The molecule has 0 aromatic rings. The van der Waals surface area contributed by atoms with Crippen LogP contribution in [0.5, 0.6) is 0 Å². The summed E-state index contributed by atoms with van der Waals surface area (Å²) in [6, 6.07) is 0. The van der Waals surface area contributed by atoms with Crippen molar-refractivity contribution >= 4 is 0 Å². The van der Waals surface area contributed by atoms with Crippen LogP contribution in [0.25, 0.3) is 0 Å². The van der Waals surface area contributed by atoms with Gasteiger partial charge in [0, 0.05) is 0 Å². The molecule has 0 aliphatic heterocycles. The average molecular weight is 202 g/mol. The first kappa shape index (κ1) is 14.6. The minimum Gasteiger partial charge on any atom is -0.243 e. The highest BCUT2D eigenvalue weighted by molar-refractivity contribution is 4.96. The molecule has 0 spiro atoms. The number of halogens is 5. The smallest absolute Gasteiger partial charge is 0.243 e. The number of alkyl halides is 4. The SMILES string of the molecule is C=CCC.FCC(F)=CC(F)(F)F. The molecule has 78 valence electrons. The number of hydrogen-bond acceptors (Lipinski definition) is 0. The highest BCUT2D eigenvalue weighted by atomic mass is 19.4. The van der Waals surface area contributed by atoms with Crippen molar-refractivity contribution in [3.05, 3.63) is 24.6 Å². The Balaban J connectivity index is 0. The van der Waals surface area contributed by atoms with Gasteiger partial charge in [0.15, 0.2) is 0 Å². The molecule has 0 aliphatic carbocycles. The Morgan fingerprint density at radius 2 is 1.77 bits per heavy atom. The Morgan fingerprint density at radius 3 is 1.85 bits per heavy atom. The summed E-state index contributed by atoms with van der Waals surface area (Å²) in [5, 5.41) is 0. The summed E-state index contributed by atoms with van der Waals surface area (Å²) < 4.78 is 55.4. The summed E-state index contributed by atoms with van der Waals surface area (Å²) in [6.45, 7) is 3.83. The average Bonchev–Trinajstić information content (AvgIpc) is 2.02. The zero-order valence-electron chi connectivity index (χ0n) is 7.17. The molecule has 0 bridgehead atoms. The van der Waals surface area contributed by atoms with Crippen molar-refractivity contribution in [2.75, 3.05) is 6.67 Å². The highest BCUT2D eigenvalue weighted by Gasteiger charge is 2.24. The second-order valence-electron chi connectivity index (χ2n) is 1.96. The van der Waals surface area contributed by atoms with Gasteiger partial charge in [0.1, 0.15) is 12.5 Å². The second-order valence-corrected chi connectivity index (χ2v) is 1.96. The van der Waals surface area contributed by atoms with Crippen molar-refractivity contribution in [2.24, 2.45) is 0 Å². The molecule has 0 saturated carbocycles. The van der Waals surface area contributed by atoms with E-state index in [1.807, 2.05) is 6.08 Å². The van der Waals surface area contributed by atoms with E-state index in [9.17, 15) is 22.0 Å². The van der Waals surface area contributed by atoms with E-state index < -0.39 is 24.8 Å². The fourth-order valence-electron chi connectivity index (χ4n) is 0.216. The van der Waals surface area contributed by atoms with Crippen LogP contribution in [0.15, 0.2) is 24.6 Å². The van der Waals surface area contributed by atoms with Gasteiger partial charge in [-0.2, -0.15) is 13.2 Å². The summed E-state index contributed by atoms with van der Waals surface area (Å²) in [5.41, 5.74) is 0. The first-order valence-electron chi connectivity index (χ1n) is 3.48. The highest BCUT2D eigenvalue weighted by Crippen LogP contribution is 2.18. The first-order valence-corrected chi connectivity index (χ1v) is 3.48. The van der Waals surface area contributed by atoms with Crippen LogP contribution in [0, 0.1) is 0 Å². The maximum atomic E-state index is 11.4. The molecular formula is C8H11F5. The van der Waals surface area contributed by atoms with E-state index >= 15 is 0 Å². The number of hydrogen-bond donors (Lipinski definition) is 0. The van der Waals surface area contributed by atoms with E-state index in [2.05, 4.69) is 13.5 Å². The van der Waals surface area contributed by atoms with E-state index in [4.69, 9.17) is 0 Å². The minimum atomic E-state index is -4.75. The molecule has 0 N–H and O–H groups in total. The lowest BCUT2D eigenvalue weighted by Crippen LogP contribution is -2.02. The molecule has 0 fully saturated rings. The van der Waals surface area contributed by atoms with Crippen molar-refractivity contribution in [3.8, 4) is 0 Å². The van der Waals surface area contributed by atoms with Gasteiger partial charge in [-0.3, -0.25) is 0 Å². The molecule has 0 amide bonds. The molecule has 0 aromatic carbocycles. The van der Waals surface area contributed by atoms with Gasteiger partial charge in [0.05, 0.1) is 6.08 Å². The molecule has 0 atom stereocenters. The van der Waals surface area contributed by atoms with Crippen LogP contribution in [0.2, 0.25) is 0 Å². The summed E-state index contributed by atoms with van der Waals surface area (Å²) >= 11 is 0. The Bertz CT molecular complexity index is 156. The van der Waals surface area contributed by atoms with Gasteiger partial charge in [-0.1, -0.05) is 13.0 Å². The maximum Gasteiger partial charge on any atom is 0.412 e. The fourth-order valence-corrected chi connectivity index (χ4v) is 0.216. The monoisotopic (exact) mass is 202 g/mol. The van der Waals surface area contributed by atoms with Crippen LogP contribution < -0.4 is 0 Å². The molecule has 0 aromatic heterocycles. The third-order valence-corrected chi connectivity index (χ3v) is 0.737. The quantitative estimate of drug-likeness (QED) is 0.469. The molecule has 0 aliphatic rings. The predicted octanol–water partition coefficient (Wildman–Crippen LogP) is 3.95. The predicted molar refractivity (Wildman–Crippen MR) is 41.7 cm³/mol. The van der Waals surface area contributed by atoms with Crippen molar-refractivity contribution in [3.63, 3.8) is 0 Å². The van der Waals surface area contributed by atoms with E-state index in [-0.39, 0.29) is 0 Å². The minimum absolute atomic E-state index is 0.715. The molecule has 5 heteroatoms. The number of rotatable bonds is 2. The largest absolute Gasteiger partial charge is 0.412 e. The lowest BCUT2D eigenvalue weighted by atomic mass is 10.5. The maximum absolute atomic E-state index is 11.4. The van der Waals surface area contributed by atoms with Gasteiger partial charge >= 0.3 is 6.18 Å². The lowest BCUT2D eigenvalue weighted by Gasteiger charge is -1.96. The summed E-state index contributed by atoms with van der Waals surface area (Å²) in [5.74, 6) is -1.80. The zero-order chi connectivity index (χ0) is 10.9. The van der Waals surface area contributed by atoms with Crippen LogP contribution in [-0.4, -0.2) is 12.9 Å². The van der Waals surface area contributed by atoms with Crippen molar-refractivity contribution in [1.29, 1.82) is 0 Å². The van der Waals surface area contributed by atoms with Crippen molar-refractivity contribution < 1.29 is 22.0 Å². The first-order chi connectivity index (χ1) is 5.87. The Labute approximate surface area is 73.7 Å². The molecule has 0 unspecified atom stereocenters. The Hall–Kier alpha value is -0.870. The second kappa shape index (κ2) is 7.76. The Kier molecular flexibility index (Phi) is 8.74. The third-order valence-electron chi connectivity index (χ3n) is 0.737. The van der Waals surface area contributed by atoms with Crippen LogP contribution in [0.1, 0.15) is 13.3 Å². The van der Waals surface area contributed by atoms with Gasteiger partial charge in [-0.05, 0) is 6.42 Å². The standard InChI is InChI=1S/C4H3F5.C4H8/c5-2-3(6)1-4(7,8)9;1-3-4-2/h1H,2H2;3H,1,4H2,2H3. The van der Waals surface area contributed by atoms with Crippen molar-refractivity contribution in [1.82, 2.24) is 0 Å². The topological polar surface area (TPSA) is 0 Å². The van der Waals surface area contributed by atoms with E-state index in [0.717, 1.165) is 6.42 Å². The van der Waals surface area contributed by atoms with Gasteiger partial charge in [-0.15, -0.1) is 6.58 Å². The van der Waals surface area contributed by atoms with Crippen molar-refractivity contribution in [2.45, 2.75) is 19.5 Å². The van der Waals surface area contributed by atoms with Crippen LogP contribution in [0.3, 0.4) is 0 Å². The van der Waals surface area contributed by atoms with Gasteiger partial charge in [-0.25, -0.2) is 8.78 Å². The van der Waals surface area contributed by atoms with Gasteiger partial charge in [0.25, 0.3) is 0 Å². The molecule has 13 heavy (non-hydrogen) atoms. The molecule has 0 radical (unpaired) electrons. The lowest BCUT2D eigenvalue weighted by molar-refractivity contribution is -0.0816. The van der Waals surface area contributed by atoms with Crippen LogP contribution in [0.4, 0.5) is 22.0 Å². The van der Waals surface area contributed by atoms with Gasteiger partial charge in [0.2, 0.25) is 0 Å². The van der Waals surface area contributed by atoms with Crippen LogP contribution >= 0.6 is 0 Å². The number of allylic oxidation sites excluding steroid dienone is 3. The summed E-state index contributed by atoms with van der Waals surface area (Å²) in [4.78, 5) is 0. The van der Waals surface area contributed by atoms with E-state index in [1.165, 1.54) is 0 Å². The molecule has 0 heterocycles. The summed E-state index contributed by atoms with van der Waals surface area (Å²) in [7, 11) is 0. The Morgan fingerprint density at radius 1 is 1.38 bits per heavy atom. The normalized spacial score (nSPS) is 11.7. The summed E-state index contributed by atoms with van der Waals surface area (Å²) in [6.07, 6.45) is -2.51. The molecule has 0 saturated heterocycles. The van der Waals surface area contributed by atoms with Crippen LogP contribution in [-0.2, 0) is 0 Å². The van der Waals surface area contributed by atoms with Gasteiger partial charge < -0.3 is 0 Å². The molecule has 0 rings (SSSR count). The zero-order valence-corrected chi connectivity index (χ0v) is 7.17. The third kappa shape index (κ3) is 18.2. The molecule has 0 nitrogen and oxygen atoms in total. The molecular weight excluding hydrogens is 191 g/mol. The fraction of sp³-hybridized carbons (Fsp3) is 0.500. The van der Waals surface area contributed by atoms with E-state index in [1.54, 1.807) is 0 Å².